The summed E-state index contributed by atoms with van der Waals surface area (Å²) in [5.41, 5.74) is 7.69. The summed E-state index contributed by atoms with van der Waals surface area (Å²) in [4.78, 5) is 11.7. The number of hydrogen-bond acceptors (Lipinski definition) is 2. The third-order valence-corrected chi connectivity index (χ3v) is 3.53. The number of hydrogen-bond donors (Lipinski definition) is 2. The average molecular weight is 313 g/mol. The molecule has 0 aliphatic heterocycles. The molecule has 3 N–H and O–H groups in total. The number of nitrogen functional groups attached to an aromatic ring is 1. The largest absolute Gasteiger partial charge is 0.399 e. The van der Waals surface area contributed by atoms with Gasteiger partial charge in [0, 0.05) is 18.7 Å². The predicted molar refractivity (Wildman–Crippen MR) is 92.8 cm³/mol. The van der Waals surface area contributed by atoms with Crippen LogP contribution in [0.25, 0.3) is 0 Å². The lowest BCUT2D eigenvalue weighted by Crippen LogP contribution is -2.24. The highest BCUT2D eigenvalue weighted by Gasteiger charge is 2.03. The van der Waals surface area contributed by atoms with Crippen LogP contribution in [0, 0.1) is 0 Å². The van der Waals surface area contributed by atoms with Crippen LogP contribution in [0.1, 0.15) is 57.4 Å². The van der Waals surface area contributed by atoms with Gasteiger partial charge in [0.15, 0.2) is 0 Å². The Morgan fingerprint density at radius 1 is 1.10 bits per heavy atom. The number of halogens is 1. The van der Waals surface area contributed by atoms with Gasteiger partial charge in [-0.3, -0.25) is 4.79 Å². The molecule has 1 aromatic carbocycles. The minimum absolute atomic E-state index is 0. The van der Waals surface area contributed by atoms with Crippen molar-refractivity contribution in [3.63, 3.8) is 0 Å². The van der Waals surface area contributed by atoms with E-state index in [1.165, 1.54) is 32.1 Å². The molecule has 120 valence electrons. The molecule has 0 saturated carbocycles. The highest BCUT2D eigenvalue weighted by molar-refractivity contribution is 5.85. The smallest absolute Gasteiger partial charge is 0.220 e. The van der Waals surface area contributed by atoms with Crippen molar-refractivity contribution in [2.45, 2.75) is 58.3 Å². The zero-order chi connectivity index (χ0) is 14.6. The fourth-order valence-corrected chi connectivity index (χ4v) is 2.23. The normalized spacial score (nSPS) is 9.95. The molecule has 0 radical (unpaired) electrons. The number of para-hydroxylation sites is 1. The van der Waals surface area contributed by atoms with Gasteiger partial charge in [-0.25, -0.2) is 0 Å². The maximum atomic E-state index is 11.7. The maximum Gasteiger partial charge on any atom is 0.220 e. The van der Waals surface area contributed by atoms with Crippen LogP contribution >= 0.6 is 12.4 Å². The summed E-state index contributed by atoms with van der Waals surface area (Å²) in [5, 5.41) is 2.98. The van der Waals surface area contributed by atoms with Gasteiger partial charge in [-0.1, -0.05) is 57.2 Å². The van der Waals surface area contributed by atoms with E-state index in [0.29, 0.717) is 6.42 Å². The molecular weight excluding hydrogens is 284 g/mol. The molecule has 4 heteroatoms. The third-order valence-electron chi connectivity index (χ3n) is 3.53. The summed E-state index contributed by atoms with van der Waals surface area (Å²) in [6.45, 7) is 3.02. The van der Waals surface area contributed by atoms with E-state index >= 15 is 0 Å². The number of nitrogens with two attached hydrogens (primary N) is 1. The van der Waals surface area contributed by atoms with Crippen molar-refractivity contribution in [1.82, 2.24) is 5.32 Å². The van der Waals surface area contributed by atoms with Gasteiger partial charge in [-0.2, -0.15) is 0 Å². The lowest BCUT2D eigenvalue weighted by atomic mass is 10.1. The number of carbonyl (C=O) groups excluding carboxylic acids is 1. The van der Waals surface area contributed by atoms with E-state index in [9.17, 15) is 4.79 Å². The lowest BCUT2D eigenvalue weighted by molar-refractivity contribution is -0.121. The van der Waals surface area contributed by atoms with Gasteiger partial charge < -0.3 is 11.1 Å². The van der Waals surface area contributed by atoms with E-state index in [4.69, 9.17) is 5.73 Å². The second-order valence-corrected chi connectivity index (χ2v) is 5.32. The van der Waals surface area contributed by atoms with E-state index in [2.05, 4.69) is 12.2 Å². The number of nitrogens with one attached hydrogen (secondary N) is 1. The molecule has 0 aliphatic carbocycles. The highest BCUT2D eigenvalue weighted by atomic mass is 35.5. The molecule has 0 fully saturated rings. The number of unbranched alkanes of at least 4 members (excludes halogenated alkanes) is 5. The van der Waals surface area contributed by atoms with E-state index in [-0.39, 0.29) is 18.3 Å². The van der Waals surface area contributed by atoms with Gasteiger partial charge >= 0.3 is 0 Å². The van der Waals surface area contributed by atoms with Gasteiger partial charge in [-0.15, -0.1) is 12.4 Å². The Hall–Kier alpha value is -1.22. The Balaban J connectivity index is 0.00000400. The van der Waals surface area contributed by atoms with Gasteiger partial charge in [-0.05, 0) is 24.5 Å². The first-order chi connectivity index (χ1) is 9.74. The molecule has 0 bridgehead atoms. The first kappa shape index (κ1) is 19.8. The second kappa shape index (κ2) is 12.5. The van der Waals surface area contributed by atoms with Crippen LogP contribution in [0.4, 0.5) is 5.69 Å². The van der Waals surface area contributed by atoms with E-state index in [0.717, 1.165) is 30.6 Å². The molecule has 1 aromatic rings. The number of benzene rings is 1. The molecule has 0 heterocycles. The molecule has 0 unspecified atom stereocenters. The summed E-state index contributed by atoms with van der Waals surface area (Å²) in [6.07, 6.45) is 8.74. The molecule has 1 rings (SSSR count). The standard InChI is InChI=1S/C17H28N2O.ClH/c1-2-3-4-5-6-9-14-19-17(20)13-12-15-10-7-8-11-16(15)18;/h7-8,10-11H,2-6,9,12-14,18H2,1H3,(H,19,20);1H. The van der Waals surface area contributed by atoms with E-state index < -0.39 is 0 Å². The van der Waals surface area contributed by atoms with Crippen LogP contribution in [0.15, 0.2) is 24.3 Å². The monoisotopic (exact) mass is 312 g/mol. The van der Waals surface area contributed by atoms with Crippen LogP contribution in [0.2, 0.25) is 0 Å². The topological polar surface area (TPSA) is 55.1 Å². The predicted octanol–water partition coefficient (Wildman–Crippen LogP) is 4.10. The molecular formula is C17H29ClN2O. The van der Waals surface area contributed by atoms with Crippen LogP contribution in [0.3, 0.4) is 0 Å². The molecule has 3 nitrogen and oxygen atoms in total. The lowest BCUT2D eigenvalue weighted by Gasteiger charge is -2.07. The Morgan fingerprint density at radius 3 is 2.48 bits per heavy atom. The van der Waals surface area contributed by atoms with Crippen LogP contribution < -0.4 is 11.1 Å². The van der Waals surface area contributed by atoms with Gasteiger partial charge in [0.2, 0.25) is 5.91 Å². The van der Waals surface area contributed by atoms with Crippen molar-refractivity contribution in [1.29, 1.82) is 0 Å². The number of amides is 1. The maximum absolute atomic E-state index is 11.7. The summed E-state index contributed by atoms with van der Waals surface area (Å²) < 4.78 is 0. The molecule has 0 saturated heterocycles. The number of anilines is 1. The van der Waals surface area contributed by atoms with E-state index in [1.807, 2.05) is 24.3 Å². The average Bonchev–Trinajstić information content (AvgIpc) is 2.45. The van der Waals surface area contributed by atoms with Crippen molar-refractivity contribution < 1.29 is 4.79 Å². The Kier molecular flexibility index (Phi) is 11.8. The fourth-order valence-electron chi connectivity index (χ4n) is 2.23. The van der Waals surface area contributed by atoms with Gasteiger partial charge in [0.25, 0.3) is 0 Å². The molecule has 0 aliphatic rings. The summed E-state index contributed by atoms with van der Waals surface area (Å²) >= 11 is 0. The fraction of sp³-hybridized carbons (Fsp3) is 0.588. The quantitative estimate of drug-likeness (QED) is 0.505. The number of carbonyl (C=O) groups is 1. The van der Waals surface area contributed by atoms with Crippen LogP contribution in [-0.2, 0) is 11.2 Å². The highest BCUT2D eigenvalue weighted by Crippen LogP contribution is 2.12. The SMILES string of the molecule is CCCCCCCCNC(=O)CCc1ccccc1N.Cl. The van der Waals surface area contributed by atoms with Crippen molar-refractivity contribution in [3.05, 3.63) is 29.8 Å². The summed E-state index contributed by atoms with van der Waals surface area (Å²) in [6, 6.07) is 7.73. The minimum Gasteiger partial charge on any atom is -0.399 e. The van der Waals surface area contributed by atoms with Crippen LogP contribution in [0.5, 0.6) is 0 Å². The number of rotatable bonds is 10. The van der Waals surface area contributed by atoms with E-state index in [1.54, 1.807) is 0 Å². The van der Waals surface area contributed by atoms with Crippen molar-refractivity contribution in [2.24, 2.45) is 0 Å². The van der Waals surface area contributed by atoms with Gasteiger partial charge in [0.1, 0.15) is 0 Å². The molecule has 1 amide bonds. The van der Waals surface area contributed by atoms with Gasteiger partial charge in [0.05, 0.1) is 0 Å². The number of aryl methyl sites for hydroxylation is 1. The zero-order valence-corrected chi connectivity index (χ0v) is 13.9. The van der Waals surface area contributed by atoms with Crippen molar-refractivity contribution in [3.8, 4) is 0 Å². The van der Waals surface area contributed by atoms with Crippen molar-refractivity contribution in [2.75, 3.05) is 12.3 Å². The summed E-state index contributed by atoms with van der Waals surface area (Å²) in [5.74, 6) is 0.127. The van der Waals surface area contributed by atoms with Crippen LogP contribution in [-0.4, -0.2) is 12.5 Å². The minimum atomic E-state index is 0. The summed E-state index contributed by atoms with van der Waals surface area (Å²) in [7, 11) is 0. The molecule has 0 aromatic heterocycles. The molecule has 0 spiro atoms. The Labute approximate surface area is 135 Å². The molecule has 0 atom stereocenters. The Morgan fingerprint density at radius 2 is 1.76 bits per heavy atom. The second-order valence-electron chi connectivity index (χ2n) is 5.32. The van der Waals surface area contributed by atoms with Crippen molar-refractivity contribution >= 4 is 24.0 Å². The molecule has 21 heavy (non-hydrogen) atoms. The Bertz CT molecular complexity index is 396. The third kappa shape index (κ3) is 9.35. The zero-order valence-electron chi connectivity index (χ0n) is 13.1. The first-order valence-electron chi connectivity index (χ1n) is 7.84. The first-order valence-corrected chi connectivity index (χ1v) is 7.84.